The number of hydrogen-bond donors (Lipinski definition) is 1. The molecule has 0 saturated heterocycles. The lowest BCUT2D eigenvalue weighted by molar-refractivity contribution is 0.889. The molecule has 84 valence electrons. The van der Waals surface area contributed by atoms with Crippen LogP contribution in [0.25, 0.3) is 5.57 Å². The summed E-state index contributed by atoms with van der Waals surface area (Å²) >= 11 is 0. The zero-order chi connectivity index (χ0) is 11.4. The van der Waals surface area contributed by atoms with E-state index in [1.54, 1.807) is 6.34 Å². The van der Waals surface area contributed by atoms with Crippen molar-refractivity contribution in [3.63, 3.8) is 0 Å². The molecule has 1 heterocycles. The van der Waals surface area contributed by atoms with Crippen LogP contribution in [0.15, 0.2) is 29.4 Å². The van der Waals surface area contributed by atoms with Crippen molar-refractivity contribution in [3.8, 4) is 0 Å². The average Bonchev–Trinajstić information content (AvgIpc) is 2.26. The van der Waals surface area contributed by atoms with Crippen molar-refractivity contribution in [3.05, 3.63) is 41.1 Å². The van der Waals surface area contributed by atoms with Crippen molar-refractivity contribution in [2.24, 2.45) is 4.99 Å². The molecule has 2 rings (SSSR count). The number of aryl methyl sites for hydroxylation is 1. The second-order valence-corrected chi connectivity index (χ2v) is 4.17. The van der Waals surface area contributed by atoms with Crippen molar-refractivity contribution >= 4 is 11.9 Å². The third-order valence-corrected chi connectivity index (χ3v) is 2.88. The Balaban J connectivity index is 2.52. The first-order chi connectivity index (χ1) is 7.83. The number of aliphatic imine (C=N–C) groups is 1. The molecule has 1 aromatic rings. The molecule has 0 spiro atoms. The van der Waals surface area contributed by atoms with Gasteiger partial charge >= 0.3 is 0 Å². The van der Waals surface area contributed by atoms with Crippen molar-refractivity contribution in [1.82, 2.24) is 5.32 Å². The molecule has 0 atom stereocenters. The molecule has 1 aliphatic heterocycles. The van der Waals surface area contributed by atoms with Gasteiger partial charge in [0.25, 0.3) is 0 Å². The largest absolute Gasteiger partial charge is 0.372 e. The smallest absolute Gasteiger partial charge is 0.0881 e. The van der Waals surface area contributed by atoms with Gasteiger partial charge in [-0.05, 0) is 35.6 Å². The molecule has 2 nitrogen and oxygen atoms in total. The summed E-state index contributed by atoms with van der Waals surface area (Å²) in [6, 6.07) is 6.57. The van der Waals surface area contributed by atoms with E-state index in [9.17, 15) is 0 Å². The summed E-state index contributed by atoms with van der Waals surface area (Å²) in [5.74, 6) is 0. The molecular weight excluding hydrogens is 196 g/mol. The van der Waals surface area contributed by atoms with Crippen LogP contribution in [-0.4, -0.2) is 6.34 Å². The first-order valence-corrected chi connectivity index (χ1v) is 5.86. The molecule has 0 amide bonds. The predicted octanol–water partition coefficient (Wildman–Crippen LogP) is 3.13. The van der Waals surface area contributed by atoms with Crippen molar-refractivity contribution in [1.29, 1.82) is 0 Å². The van der Waals surface area contributed by atoms with E-state index in [2.05, 4.69) is 42.4 Å². The summed E-state index contributed by atoms with van der Waals surface area (Å²) in [5, 5.41) is 3.20. The monoisotopic (exact) mass is 214 g/mol. The third kappa shape index (κ3) is 2.16. The minimum absolute atomic E-state index is 0.863. The Kier molecular flexibility index (Phi) is 3.40. The van der Waals surface area contributed by atoms with E-state index in [1.807, 2.05) is 6.20 Å². The first-order valence-electron chi connectivity index (χ1n) is 5.86. The van der Waals surface area contributed by atoms with Crippen LogP contribution in [0.2, 0.25) is 0 Å². The summed E-state index contributed by atoms with van der Waals surface area (Å²) < 4.78 is 0. The highest BCUT2D eigenvalue weighted by atomic mass is 14.9. The standard InChI is InChI=1S/C14H18N2/c1-3-5-12-6-4-7-13-9-16-10-15-8-11(2)14(12)13/h4,6-8,10H,3,5,9H2,1-2H3,(H,15,16)/b11-8+. The molecular formula is C14H18N2. The van der Waals surface area contributed by atoms with Crippen LogP contribution in [0.5, 0.6) is 0 Å². The van der Waals surface area contributed by atoms with Gasteiger partial charge in [0.15, 0.2) is 0 Å². The van der Waals surface area contributed by atoms with E-state index in [-0.39, 0.29) is 0 Å². The Morgan fingerprint density at radius 1 is 1.38 bits per heavy atom. The summed E-state index contributed by atoms with van der Waals surface area (Å²) in [7, 11) is 0. The fourth-order valence-electron chi connectivity index (χ4n) is 2.21. The predicted molar refractivity (Wildman–Crippen MR) is 69.4 cm³/mol. The van der Waals surface area contributed by atoms with E-state index in [0.29, 0.717) is 0 Å². The van der Waals surface area contributed by atoms with Crippen molar-refractivity contribution in [2.75, 3.05) is 0 Å². The molecule has 2 heteroatoms. The zero-order valence-corrected chi connectivity index (χ0v) is 9.96. The van der Waals surface area contributed by atoms with E-state index >= 15 is 0 Å². The van der Waals surface area contributed by atoms with E-state index in [4.69, 9.17) is 0 Å². The van der Waals surface area contributed by atoms with Crippen LogP contribution in [0.3, 0.4) is 0 Å². The molecule has 1 aromatic carbocycles. The van der Waals surface area contributed by atoms with Gasteiger partial charge in [-0.25, -0.2) is 4.99 Å². The fourth-order valence-corrected chi connectivity index (χ4v) is 2.21. The second kappa shape index (κ2) is 4.97. The van der Waals surface area contributed by atoms with Gasteiger partial charge in [-0.1, -0.05) is 31.5 Å². The quantitative estimate of drug-likeness (QED) is 0.803. The van der Waals surface area contributed by atoms with Crippen molar-refractivity contribution in [2.45, 2.75) is 33.2 Å². The number of allylic oxidation sites excluding steroid dienone is 1. The summed E-state index contributed by atoms with van der Waals surface area (Å²) in [6.45, 7) is 5.22. The number of nitrogens with one attached hydrogen (secondary N) is 1. The van der Waals surface area contributed by atoms with Gasteiger partial charge in [-0.2, -0.15) is 0 Å². The van der Waals surface area contributed by atoms with Crippen LogP contribution in [0.1, 0.15) is 37.0 Å². The SMILES string of the molecule is CCCc1cccc2c1/C(C)=C/N=C\NC2. The van der Waals surface area contributed by atoms with E-state index in [0.717, 1.165) is 13.0 Å². The third-order valence-electron chi connectivity index (χ3n) is 2.88. The maximum Gasteiger partial charge on any atom is 0.0881 e. The lowest BCUT2D eigenvalue weighted by atomic mass is 9.93. The van der Waals surface area contributed by atoms with Gasteiger partial charge in [-0.15, -0.1) is 0 Å². The van der Waals surface area contributed by atoms with E-state index < -0.39 is 0 Å². The number of nitrogens with zero attached hydrogens (tertiary/aromatic N) is 1. The Labute approximate surface area is 97.1 Å². The Morgan fingerprint density at radius 3 is 3.06 bits per heavy atom. The van der Waals surface area contributed by atoms with Gasteiger partial charge in [-0.3, -0.25) is 0 Å². The molecule has 1 N–H and O–H groups in total. The van der Waals surface area contributed by atoms with Gasteiger partial charge in [0.1, 0.15) is 0 Å². The topological polar surface area (TPSA) is 24.4 Å². The van der Waals surface area contributed by atoms with Crippen molar-refractivity contribution < 1.29 is 0 Å². The summed E-state index contributed by atoms with van der Waals surface area (Å²) in [6.07, 6.45) is 6.02. The van der Waals surface area contributed by atoms with Gasteiger partial charge in [0, 0.05) is 12.7 Å². The van der Waals surface area contributed by atoms with Crippen LogP contribution >= 0.6 is 0 Å². The van der Waals surface area contributed by atoms with Crippen LogP contribution in [0, 0.1) is 0 Å². The first kappa shape index (κ1) is 10.9. The maximum absolute atomic E-state index is 4.21. The molecule has 0 fully saturated rings. The zero-order valence-electron chi connectivity index (χ0n) is 9.96. The number of rotatable bonds is 2. The van der Waals surface area contributed by atoms with Crippen LogP contribution < -0.4 is 5.32 Å². The Bertz CT molecular complexity index is 430. The molecule has 0 aliphatic carbocycles. The maximum atomic E-state index is 4.21. The molecule has 0 radical (unpaired) electrons. The number of benzene rings is 1. The normalized spacial score (nSPS) is 19.8. The van der Waals surface area contributed by atoms with Gasteiger partial charge < -0.3 is 5.32 Å². The highest BCUT2D eigenvalue weighted by Crippen LogP contribution is 2.25. The average molecular weight is 214 g/mol. The molecule has 0 aromatic heterocycles. The van der Waals surface area contributed by atoms with Crippen LogP contribution in [-0.2, 0) is 13.0 Å². The summed E-state index contributed by atoms with van der Waals surface area (Å²) in [4.78, 5) is 4.21. The highest BCUT2D eigenvalue weighted by molar-refractivity contribution is 5.72. The van der Waals surface area contributed by atoms with Gasteiger partial charge in [0.2, 0.25) is 0 Å². The molecule has 0 bridgehead atoms. The molecule has 0 unspecified atom stereocenters. The molecule has 16 heavy (non-hydrogen) atoms. The second-order valence-electron chi connectivity index (χ2n) is 4.17. The summed E-state index contributed by atoms with van der Waals surface area (Å²) in [5.41, 5.74) is 5.45. The lowest BCUT2D eigenvalue weighted by Crippen LogP contribution is -2.14. The highest BCUT2D eigenvalue weighted by Gasteiger charge is 2.10. The molecule has 0 saturated carbocycles. The minimum atomic E-state index is 0.863. The Hall–Kier alpha value is -1.57. The van der Waals surface area contributed by atoms with Gasteiger partial charge in [0.05, 0.1) is 6.34 Å². The van der Waals surface area contributed by atoms with Crippen LogP contribution in [0.4, 0.5) is 0 Å². The lowest BCUT2D eigenvalue weighted by Gasteiger charge is -2.16. The Morgan fingerprint density at radius 2 is 2.25 bits per heavy atom. The van der Waals surface area contributed by atoms with E-state index in [1.165, 1.54) is 28.7 Å². The minimum Gasteiger partial charge on any atom is -0.372 e. The molecule has 1 aliphatic rings. The number of fused-ring (bicyclic) bond motifs is 1. The number of hydrogen-bond acceptors (Lipinski definition) is 2. The fraction of sp³-hybridized carbons (Fsp3) is 0.357.